The first-order valence-corrected chi connectivity index (χ1v) is 10.3. The summed E-state index contributed by atoms with van der Waals surface area (Å²) in [5.74, 6) is -1.57. The number of anilines is 1. The molecule has 4 nitrogen and oxygen atoms in total. The van der Waals surface area contributed by atoms with Gasteiger partial charge in [0.05, 0.1) is 6.42 Å². The molecule has 0 fully saturated rings. The van der Waals surface area contributed by atoms with E-state index < -0.39 is 11.8 Å². The first-order valence-electron chi connectivity index (χ1n) is 10.3. The van der Waals surface area contributed by atoms with Crippen LogP contribution in [-0.2, 0) is 17.6 Å². The monoisotopic (exact) mass is 417 g/mol. The highest BCUT2D eigenvalue weighted by Crippen LogP contribution is 2.41. The molecule has 0 spiro atoms. The van der Waals surface area contributed by atoms with Crippen molar-refractivity contribution in [2.24, 2.45) is 0 Å². The van der Waals surface area contributed by atoms with Crippen LogP contribution in [0.5, 0.6) is 0 Å². The fraction of sp³-hybridized carbons (Fsp3) is 0.231. The lowest BCUT2D eigenvalue weighted by Gasteiger charge is -2.22. The van der Waals surface area contributed by atoms with Gasteiger partial charge in [0.25, 0.3) is 5.91 Å². The molecule has 1 aliphatic heterocycles. The topological polar surface area (TPSA) is 57.6 Å². The van der Waals surface area contributed by atoms with Crippen LogP contribution in [0.4, 0.5) is 10.1 Å². The molecule has 0 bridgehead atoms. The second-order valence-electron chi connectivity index (χ2n) is 8.15. The van der Waals surface area contributed by atoms with Crippen molar-refractivity contribution in [1.82, 2.24) is 0 Å². The Morgan fingerprint density at radius 3 is 2.39 bits per heavy atom. The van der Waals surface area contributed by atoms with Gasteiger partial charge in [-0.05, 0) is 78.8 Å². The van der Waals surface area contributed by atoms with Crippen LogP contribution >= 0.6 is 0 Å². The summed E-state index contributed by atoms with van der Waals surface area (Å²) in [6.45, 7) is 6.15. The van der Waals surface area contributed by atoms with Crippen molar-refractivity contribution in [2.45, 2.75) is 33.6 Å². The summed E-state index contributed by atoms with van der Waals surface area (Å²) in [7, 11) is 0. The molecular weight excluding hydrogens is 393 g/mol. The van der Waals surface area contributed by atoms with Crippen LogP contribution in [0, 0.1) is 26.6 Å². The van der Waals surface area contributed by atoms with Crippen LogP contribution in [0.1, 0.15) is 38.2 Å². The van der Waals surface area contributed by atoms with Crippen molar-refractivity contribution in [2.75, 3.05) is 11.4 Å². The van der Waals surface area contributed by atoms with E-state index in [0.29, 0.717) is 18.5 Å². The van der Waals surface area contributed by atoms with Gasteiger partial charge in [-0.1, -0.05) is 35.9 Å². The zero-order valence-electron chi connectivity index (χ0n) is 17.8. The summed E-state index contributed by atoms with van der Waals surface area (Å²) < 4.78 is 13.8. The van der Waals surface area contributed by atoms with Crippen LogP contribution < -0.4 is 4.90 Å². The van der Waals surface area contributed by atoms with Crippen LogP contribution in [0.25, 0.3) is 11.1 Å². The standard InChI is InChI=1S/C26H24FNO3/c1-15-4-7-18(8-5-15)25-20-10-11-28(23(20)12-17(3)21(25)14-24(29)30)26(31)22-13-19(27)9-6-16(22)2/h4-9,12-13H,10-11,14H2,1-3H3,(H,29,30). The number of carbonyl (C=O) groups excluding carboxylic acids is 1. The Labute approximate surface area is 181 Å². The number of carboxylic acids is 1. The third-order valence-electron chi connectivity index (χ3n) is 5.96. The Hall–Kier alpha value is -3.47. The molecule has 1 heterocycles. The Balaban J connectivity index is 1.88. The second-order valence-corrected chi connectivity index (χ2v) is 8.15. The molecule has 0 aromatic heterocycles. The summed E-state index contributed by atoms with van der Waals surface area (Å²) in [6.07, 6.45) is 0.533. The van der Waals surface area contributed by atoms with Gasteiger partial charge in [-0.15, -0.1) is 0 Å². The lowest BCUT2D eigenvalue weighted by molar-refractivity contribution is -0.136. The van der Waals surface area contributed by atoms with Crippen molar-refractivity contribution in [1.29, 1.82) is 0 Å². The van der Waals surface area contributed by atoms with E-state index in [4.69, 9.17) is 0 Å². The molecule has 1 amide bonds. The number of benzene rings is 3. The van der Waals surface area contributed by atoms with Gasteiger partial charge in [-0.3, -0.25) is 9.59 Å². The fourth-order valence-corrected chi connectivity index (χ4v) is 4.35. The number of hydrogen-bond acceptors (Lipinski definition) is 2. The van der Waals surface area contributed by atoms with Crippen LogP contribution in [0.3, 0.4) is 0 Å². The molecule has 0 aliphatic carbocycles. The van der Waals surface area contributed by atoms with E-state index in [1.165, 1.54) is 12.1 Å². The Bertz CT molecular complexity index is 1200. The number of carbonyl (C=O) groups is 2. The molecule has 4 rings (SSSR count). The summed E-state index contributed by atoms with van der Waals surface area (Å²) in [5, 5.41) is 9.50. The number of aryl methyl sites for hydroxylation is 3. The number of halogens is 1. The molecule has 31 heavy (non-hydrogen) atoms. The number of hydrogen-bond donors (Lipinski definition) is 1. The van der Waals surface area contributed by atoms with E-state index in [-0.39, 0.29) is 12.3 Å². The lowest BCUT2D eigenvalue weighted by Crippen LogP contribution is -2.29. The van der Waals surface area contributed by atoms with Crippen molar-refractivity contribution in [3.05, 3.63) is 87.7 Å². The third kappa shape index (κ3) is 3.83. The number of amides is 1. The molecular formula is C26H24FNO3. The minimum absolute atomic E-state index is 0.0841. The van der Waals surface area contributed by atoms with Gasteiger partial charge >= 0.3 is 5.97 Å². The average Bonchev–Trinajstić information content (AvgIpc) is 3.13. The zero-order valence-corrected chi connectivity index (χ0v) is 17.8. The van der Waals surface area contributed by atoms with E-state index in [1.54, 1.807) is 17.9 Å². The van der Waals surface area contributed by atoms with E-state index in [2.05, 4.69) is 0 Å². The molecule has 0 atom stereocenters. The number of nitrogens with zero attached hydrogens (tertiary/aromatic N) is 1. The van der Waals surface area contributed by atoms with Crippen molar-refractivity contribution >= 4 is 17.6 Å². The van der Waals surface area contributed by atoms with Gasteiger partial charge in [0.2, 0.25) is 0 Å². The van der Waals surface area contributed by atoms with Gasteiger partial charge in [0, 0.05) is 17.8 Å². The van der Waals surface area contributed by atoms with E-state index in [0.717, 1.165) is 44.6 Å². The first kappa shape index (κ1) is 20.8. The van der Waals surface area contributed by atoms with Gasteiger partial charge in [-0.2, -0.15) is 0 Å². The highest BCUT2D eigenvalue weighted by atomic mass is 19.1. The van der Waals surface area contributed by atoms with Crippen LogP contribution in [-0.4, -0.2) is 23.5 Å². The number of aliphatic carboxylic acids is 1. The number of fused-ring (bicyclic) bond motifs is 1. The molecule has 0 unspecified atom stereocenters. The predicted molar refractivity (Wildman–Crippen MR) is 119 cm³/mol. The molecule has 158 valence electrons. The quantitative estimate of drug-likeness (QED) is 0.631. The van der Waals surface area contributed by atoms with Gasteiger partial charge < -0.3 is 10.0 Å². The highest BCUT2D eigenvalue weighted by molar-refractivity contribution is 6.09. The Morgan fingerprint density at radius 2 is 1.71 bits per heavy atom. The van der Waals surface area contributed by atoms with Gasteiger partial charge in [-0.25, -0.2) is 4.39 Å². The van der Waals surface area contributed by atoms with Crippen molar-refractivity contribution < 1.29 is 19.1 Å². The van der Waals surface area contributed by atoms with Gasteiger partial charge in [0.15, 0.2) is 0 Å². The first-order chi connectivity index (χ1) is 14.8. The molecule has 3 aromatic carbocycles. The molecule has 5 heteroatoms. The van der Waals surface area contributed by atoms with Crippen molar-refractivity contribution in [3.63, 3.8) is 0 Å². The summed E-state index contributed by atoms with van der Waals surface area (Å²) in [4.78, 5) is 26.6. The largest absolute Gasteiger partial charge is 0.481 e. The van der Waals surface area contributed by atoms with Crippen molar-refractivity contribution in [3.8, 4) is 11.1 Å². The zero-order chi connectivity index (χ0) is 22.3. The molecule has 1 N–H and O–H groups in total. The van der Waals surface area contributed by atoms with E-state index in [1.807, 2.05) is 44.2 Å². The third-order valence-corrected chi connectivity index (χ3v) is 5.96. The van der Waals surface area contributed by atoms with Gasteiger partial charge in [0.1, 0.15) is 5.82 Å². The Kier molecular flexibility index (Phi) is 5.36. The average molecular weight is 417 g/mol. The minimum atomic E-state index is -0.891. The molecule has 0 saturated carbocycles. The molecule has 3 aromatic rings. The van der Waals surface area contributed by atoms with Crippen LogP contribution in [0.2, 0.25) is 0 Å². The predicted octanol–water partition coefficient (Wildman–Crippen LogP) is 5.25. The number of carboxylic acid groups (broad SMARTS) is 1. The van der Waals surface area contributed by atoms with E-state index in [9.17, 15) is 19.1 Å². The maximum atomic E-state index is 13.8. The fourth-order valence-electron chi connectivity index (χ4n) is 4.35. The maximum absolute atomic E-state index is 13.8. The lowest BCUT2D eigenvalue weighted by atomic mass is 9.88. The maximum Gasteiger partial charge on any atom is 0.307 e. The molecule has 0 radical (unpaired) electrons. The normalized spacial score (nSPS) is 12.7. The number of rotatable bonds is 4. The summed E-state index contributed by atoms with van der Waals surface area (Å²) in [5.41, 5.74) is 7.35. The smallest absolute Gasteiger partial charge is 0.307 e. The highest BCUT2D eigenvalue weighted by Gasteiger charge is 2.31. The summed E-state index contributed by atoms with van der Waals surface area (Å²) >= 11 is 0. The minimum Gasteiger partial charge on any atom is -0.481 e. The Morgan fingerprint density at radius 1 is 1.00 bits per heavy atom. The van der Waals surface area contributed by atoms with E-state index >= 15 is 0 Å². The SMILES string of the molecule is Cc1ccc(-c2c(CC(=O)O)c(C)cc3c2CCN3C(=O)c2cc(F)ccc2C)cc1. The summed E-state index contributed by atoms with van der Waals surface area (Å²) in [6, 6.07) is 14.1. The van der Waals surface area contributed by atoms with Crippen LogP contribution in [0.15, 0.2) is 48.5 Å². The second kappa shape index (κ2) is 7.99. The molecule has 1 aliphatic rings. The molecule has 0 saturated heterocycles.